The minimum absolute atomic E-state index is 0.103. The van der Waals surface area contributed by atoms with Crippen molar-refractivity contribution in [2.45, 2.75) is 76.9 Å². The predicted molar refractivity (Wildman–Crippen MR) is 158 cm³/mol. The second-order valence-corrected chi connectivity index (χ2v) is 12.7. The summed E-state index contributed by atoms with van der Waals surface area (Å²) in [6.45, 7) is 7.14. The molecule has 8 heteroatoms. The topological polar surface area (TPSA) is 86.8 Å². The summed E-state index contributed by atoms with van der Waals surface area (Å²) >= 11 is 0. The van der Waals surface area contributed by atoms with Crippen molar-refractivity contribution in [2.75, 3.05) is 10.8 Å². The van der Waals surface area contributed by atoms with Crippen LogP contribution in [0.4, 0.5) is 5.69 Å². The number of nitrogens with one attached hydrogen (secondary N) is 1. The van der Waals surface area contributed by atoms with Gasteiger partial charge in [0.15, 0.2) is 0 Å². The first kappa shape index (κ1) is 29.3. The fourth-order valence-corrected chi connectivity index (χ4v) is 6.65. The minimum atomic E-state index is -4.08. The number of anilines is 1. The highest BCUT2D eigenvalue weighted by Gasteiger charge is 2.33. The van der Waals surface area contributed by atoms with E-state index in [1.165, 1.54) is 9.21 Å². The molecule has 1 aliphatic carbocycles. The zero-order chi connectivity index (χ0) is 28.9. The van der Waals surface area contributed by atoms with Gasteiger partial charge in [-0.1, -0.05) is 78.6 Å². The summed E-state index contributed by atoms with van der Waals surface area (Å²) < 4.78 is 29.1. The van der Waals surface area contributed by atoms with Crippen LogP contribution < -0.4 is 9.62 Å². The number of hydrogen-bond acceptors (Lipinski definition) is 4. The molecule has 0 aliphatic heterocycles. The Hall–Kier alpha value is -3.65. The second-order valence-electron chi connectivity index (χ2n) is 10.8. The van der Waals surface area contributed by atoms with Crippen molar-refractivity contribution < 1.29 is 18.0 Å². The van der Waals surface area contributed by atoms with Crippen LogP contribution in [-0.2, 0) is 26.2 Å². The lowest BCUT2D eigenvalue weighted by Gasteiger charge is -2.33. The van der Waals surface area contributed by atoms with E-state index in [-0.39, 0.29) is 23.4 Å². The van der Waals surface area contributed by atoms with Crippen LogP contribution in [0.25, 0.3) is 0 Å². The number of rotatable bonds is 10. The number of nitrogens with zero attached hydrogens (tertiary/aromatic N) is 2. The van der Waals surface area contributed by atoms with Gasteiger partial charge in [0.1, 0.15) is 12.6 Å². The van der Waals surface area contributed by atoms with Gasteiger partial charge in [0.05, 0.1) is 10.6 Å². The molecule has 40 heavy (non-hydrogen) atoms. The molecule has 0 saturated heterocycles. The Bertz CT molecular complexity index is 1450. The molecule has 0 heterocycles. The number of benzene rings is 3. The molecule has 1 N–H and O–H groups in total. The molecule has 3 aromatic rings. The number of para-hydroxylation sites is 1. The highest BCUT2D eigenvalue weighted by atomic mass is 32.2. The standard InChI is InChI=1S/C32H39N3O4S/c1-23-16-18-29(19-17-23)40(38,39)35(30-15-8-5-11-25(30)3)22-31(36)34(21-27-12-9-10-24(2)20-27)26(4)32(37)33-28-13-6-7-14-28/h5,8-12,15-20,26,28H,6-7,13-14,21-22H2,1-4H3,(H,33,37)/t26-/m0/s1. The third-order valence-corrected chi connectivity index (χ3v) is 9.35. The smallest absolute Gasteiger partial charge is 0.264 e. The summed E-state index contributed by atoms with van der Waals surface area (Å²) in [5.74, 6) is -0.675. The number of carbonyl (C=O) groups is 2. The van der Waals surface area contributed by atoms with Gasteiger partial charge in [-0.2, -0.15) is 0 Å². The van der Waals surface area contributed by atoms with Gasteiger partial charge in [-0.05, 0) is 69.9 Å². The van der Waals surface area contributed by atoms with Crippen LogP contribution in [0.5, 0.6) is 0 Å². The van der Waals surface area contributed by atoms with E-state index < -0.39 is 28.5 Å². The lowest BCUT2D eigenvalue weighted by molar-refractivity contribution is -0.139. The predicted octanol–water partition coefficient (Wildman–Crippen LogP) is 5.28. The summed E-state index contributed by atoms with van der Waals surface area (Å²) in [6, 6.07) is 20.8. The van der Waals surface area contributed by atoms with Crippen LogP contribution in [0, 0.1) is 20.8 Å². The minimum Gasteiger partial charge on any atom is -0.352 e. The molecule has 2 amide bonds. The average Bonchev–Trinajstić information content (AvgIpc) is 3.43. The summed E-state index contributed by atoms with van der Waals surface area (Å²) in [7, 11) is -4.08. The van der Waals surface area contributed by atoms with Crippen LogP contribution in [0.2, 0.25) is 0 Å². The van der Waals surface area contributed by atoms with Crippen molar-refractivity contribution >= 4 is 27.5 Å². The van der Waals surface area contributed by atoms with E-state index in [0.29, 0.717) is 5.69 Å². The monoisotopic (exact) mass is 561 g/mol. The number of sulfonamides is 1. The molecule has 1 atom stereocenters. The third kappa shape index (κ3) is 6.91. The Kier molecular flexibility index (Phi) is 9.30. The van der Waals surface area contributed by atoms with Gasteiger partial charge in [-0.3, -0.25) is 13.9 Å². The fourth-order valence-electron chi connectivity index (χ4n) is 5.18. The SMILES string of the molecule is Cc1ccc(S(=O)(=O)N(CC(=O)N(Cc2cccc(C)c2)[C@@H](C)C(=O)NC2CCCC2)c2ccccc2C)cc1. The lowest BCUT2D eigenvalue weighted by atomic mass is 10.1. The quantitative estimate of drug-likeness (QED) is 0.365. The number of amides is 2. The van der Waals surface area contributed by atoms with E-state index in [4.69, 9.17) is 0 Å². The van der Waals surface area contributed by atoms with Crippen molar-refractivity contribution in [3.05, 3.63) is 95.1 Å². The van der Waals surface area contributed by atoms with Crippen LogP contribution in [-0.4, -0.2) is 43.8 Å². The van der Waals surface area contributed by atoms with Gasteiger partial charge in [0.2, 0.25) is 11.8 Å². The van der Waals surface area contributed by atoms with Crippen molar-refractivity contribution in [1.29, 1.82) is 0 Å². The van der Waals surface area contributed by atoms with Crippen molar-refractivity contribution in [3.8, 4) is 0 Å². The molecule has 0 bridgehead atoms. The van der Waals surface area contributed by atoms with Crippen LogP contribution in [0.15, 0.2) is 77.7 Å². The molecule has 0 radical (unpaired) electrons. The number of carbonyl (C=O) groups excluding carboxylic acids is 2. The summed E-state index contributed by atoms with van der Waals surface area (Å²) in [4.78, 5) is 29.0. The van der Waals surface area contributed by atoms with Gasteiger partial charge < -0.3 is 10.2 Å². The first-order valence-corrected chi connectivity index (χ1v) is 15.3. The van der Waals surface area contributed by atoms with Gasteiger partial charge >= 0.3 is 0 Å². The molecule has 1 fully saturated rings. The van der Waals surface area contributed by atoms with Gasteiger partial charge in [0, 0.05) is 12.6 Å². The normalized spacial score (nSPS) is 14.5. The Morgan fingerprint density at radius 2 is 1.57 bits per heavy atom. The summed E-state index contributed by atoms with van der Waals surface area (Å²) in [5.41, 5.74) is 4.00. The first-order valence-electron chi connectivity index (χ1n) is 13.9. The molecule has 1 aliphatic rings. The largest absolute Gasteiger partial charge is 0.352 e. The fraction of sp³-hybridized carbons (Fsp3) is 0.375. The Morgan fingerprint density at radius 3 is 2.23 bits per heavy atom. The van der Waals surface area contributed by atoms with Gasteiger partial charge in [0.25, 0.3) is 10.0 Å². The Labute approximate surface area is 238 Å². The molecular formula is C32H39N3O4S. The number of hydrogen-bond donors (Lipinski definition) is 1. The maximum Gasteiger partial charge on any atom is 0.264 e. The second kappa shape index (κ2) is 12.7. The Morgan fingerprint density at radius 1 is 0.900 bits per heavy atom. The van der Waals surface area contributed by atoms with E-state index in [9.17, 15) is 18.0 Å². The van der Waals surface area contributed by atoms with E-state index in [1.807, 2.05) is 57.2 Å². The highest BCUT2D eigenvalue weighted by Crippen LogP contribution is 2.28. The zero-order valence-electron chi connectivity index (χ0n) is 23.8. The molecule has 3 aromatic carbocycles. The van der Waals surface area contributed by atoms with Crippen molar-refractivity contribution in [2.24, 2.45) is 0 Å². The van der Waals surface area contributed by atoms with E-state index in [1.54, 1.807) is 43.3 Å². The van der Waals surface area contributed by atoms with Crippen molar-refractivity contribution in [3.63, 3.8) is 0 Å². The average molecular weight is 562 g/mol. The van der Waals surface area contributed by atoms with Crippen molar-refractivity contribution in [1.82, 2.24) is 10.2 Å². The summed E-state index contributed by atoms with van der Waals surface area (Å²) in [6.07, 6.45) is 4.02. The van der Waals surface area contributed by atoms with E-state index in [0.717, 1.165) is 47.9 Å². The molecule has 0 spiro atoms. The van der Waals surface area contributed by atoms with Crippen LogP contribution >= 0.6 is 0 Å². The third-order valence-electron chi connectivity index (χ3n) is 7.58. The molecule has 1 saturated carbocycles. The molecule has 212 valence electrons. The molecule has 7 nitrogen and oxygen atoms in total. The first-order chi connectivity index (χ1) is 19.1. The van der Waals surface area contributed by atoms with E-state index in [2.05, 4.69) is 5.32 Å². The molecular weight excluding hydrogens is 522 g/mol. The molecule has 4 rings (SSSR count). The zero-order valence-corrected chi connectivity index (χ0v) is 24.6. The maximum atomic E-state index is 14.1. The lowest BCUT2D eigenvalue weighted by Crippen LogP contribution is -2.52. The summed E-state index contributed by atoms with van der Waals surface area (Å²) in [5, 5.41) is 3.10. The molecule has 0 unspecified atom stereocenters. The highest BCUT2D eigenvalue weighted by molar-refractivity contribution is 7.92. The van der Waals surface area contributed by atoms with E-state index >= 15 is 0 Å². The van der Waals surface area contributed by atoms with Crippen LogP contribution in [0.3, 0.4) is 0 Å². The van der Waals surface area contributed by atoms with Gasteiger partial charge in [-0.25, -0.2) is 8.42 Å². The molecule has 0 aromatic heterocycles. The maximum absolute atomic E-state index is 14.1. The number of aryl methyl sites for hydroxylation is 3. The van der Waals surface area contributed by atoms with Gasteiger partial charge in [-0.15, -0.1) is 0 Å². The Balaban J connectivity index is 1.69. The van der Waals surface area contributed by atoms with Crippen LogP contribution in [0.1, 0.15) is 54.9 Å².